The molecule has 20 heavy (non-hydrogen) atoms. The van der Waals surface area contributed by atoms with Gasteiger partial charge in [0.15, 0.2) is 9.84 Å². The fourth-order valence-electron chi connectivity index (χ4n) is 1.49. The molecule has 0 atom stereocenters. The highest BCUT2D eigenvalue weighted by molar-refractivity contribution is 9.10. The molecule has 1 heterocycles. The Kier molecular flexibility index (Phi) is 4.45. The molecule has 2 rings (SSSR count). The number of aromatic nitrogens is 1. The van der Waals surface area contributed by atoms with Crippen LogP contribution in [0.25, 0.3) is 0 Å². The number of ether oxygens (including phenoxy) is 1. The number of sulfone groups is 1. The average Bonchev–Trinajstić information content (AvgIpc) is 2.42. The maximum Gasteiger partial charge on any atom is 0.219 e. The van der Waals surface area contributed by atoms with Crippen molar-refractivity contribution in [3.05, 3.63) is 47.1 Å². The Morgan fingerprint density at radius 3 is 2.25 bits per heavy atom. The number of pyridine rings is 1. The number of hydrogen-bond donors (Lipinski definition) is 0. The van der Waals surface area contributed by atoms with Crippen LogP contribution in [0.1, 0.15) is 13.8 Å². The molecular formula is C14H14BrNO3S. The van der Waals surface area contributed by atoms with Crippen molar-refractivity contribution in [3.63, 3.8) is 0 Å². The van der Waals surface area contributed by atoms with E-state index in [-0.39, 0.29) is 4.90 Å². The normalized spacial score (nSPS) is 11.6. The monoisotopic (exact) mass is 355 g/mol. The average molecular weight is 356 g/mol. The van der Waals surface area contributed by atoms with E-state index in [9.17, 15) is 8.42 Å². The summed E-state index contributed by atoms with van der Waals surface area (Å²) in [5.74, 6) is 0.996. The summed E-state index contributed by atoms with van der Waals surface area (Å²) in [6, 6.07) is 10.4. The molecule has 0 aliphatic heterocycles. The van der Waals surface area contributed by atoms with Gasteiger partial charge in [0.25, 0.3) is 0 Å². The van der Waals surface area contributed by atoms with Crippen molar-refractivity contribution in [1.29, 1.82) is 0 Å². The third kappa shape index (κ3) is 3.37. The van der Waals surface area contributed by atoms with Gasteiger partial charge in [-0.05, 0) is 44.2 Å². The Hall–Kier alpha value is -1.40. The fraction of sp³-hybridized carbons (Fsp3) is 0.214. The molecule has 0 saturated heterocycles. The molecule has 0 aliphatic rings. The van der Waals surface area contributed by atoms with Crippen LogP contribution < -0.4 is 4.74 Å². The van der Waals surface area contributed by atoms with Crippen LogP contribution in [0.2, 0.25) is 0 Å². The first-order valence-corrected chi connectivity index (χ1v) is 8.37. The quantitative estimate of drug-likeness (QED) is 0.836. The molecule has 0 radical (unpaired) electrons. The lowest BCUT2D eigenvalue weighted by molar-refractivity contribution is 0.462. The van der Waals surface area contributed by atoms with E-state index >= 15 is 0 Å². The lowest BCUT2D eigenvalue weighted by Gasteiger charge is -2.08. The van der Waals surface area contributed by atoms with Crippen molar-refractivity contribution >= 4 is 25.8 Å². The van der Waals surface area contributed by atoms with Crippen molar-refractivity contribution < 1.29 is 13.2 Å². The van der Waals surface area contributed by atoms with E-state index in [0.29, 0.717) is 11.6 Å². The molecule has 2 aromatic rings. The second kappa shape index (κ2) is 5.93. The van der Waals surface area contributed by atoms with E-state index in [4.69, 9.17) is 4.74 Å². The van der Waals surface area contributed by atoms with Crippen molar-refractivity contribution in [2.75, 3.05) is 0 Å². The molecule has 0 aliphatic carbocycles. The lowest BCUT2D eigenvalue weighted by Crippen LogP contribution is -2.14. The molecule has 0 amide bonds. The van der Waals surface area contributed by atoms with E-state index in [2.05, 4.69) is 20.9 Å². The first kappa shape index (κ1) is 15.0. The summed E-state index contributed by atoms with van der Waals surface area (Å²) < 4.78 is 30.4. The molecule has 1 aromatic heterocycles. The van der Waals surface area contributed by atoms with Gasteiger partial charge in [-0.3, -0.25) is 0 Å². The molecule has 0 N–H and O–H groups in total. The van der Waals surface area contributed by atoms with Crippen LogP contribution in [0, 0.1) is 0 Å². The number of benzene rings is 1. The van der Waals surface area contributed by atoms with Gasteiger partial charge in [0.1, 0.15) is 5.75 Å². The first-order chi connectivity index (χ1) is 9.39. The largest absolute Gasteiger partial charge is 0.439 e. The van der Waals surface area contributed by atoms with Gasteiger partial charge < -0.3 is 4.74 Å². The van der Waals surface area contributed by atoms with Crippen LogP contribution in [0.4, 0.5) is 0 Å². The summed E-state index contributed by atoms with van der Waals surface area (Å²) in [4.78, 5) is 4.24. The topological polar surface area (TPSA) is 56.3 Å². The van der Waals surface area contributed by atoms with Crippen molar-refractivity contribution in [1.82, 2.24) is 4.98 Å². The van der Waals surface area contributed by atoms with Gasteiger partial charge >= 0.3 is 0 Å². The molecule has 0 spiro atoms. The zero-order valence-corrected chi connectivity index (χ0v) is 13.5. The highest BCUT2D eigenvalue weighted by Gasteiger charge is 2.19. The molecule has 0 bridgehead atoms. The van der Waals surface area contributed by atoms with E-state index in [1.807, 2.05) is 12.1 Å². The summed E-state index contributed by atoms with van der Waals surface area (Å²) in [6.45, 7) is 3.28. The van der Waals surface area contributed by atoms with Crippen LogP contribution in [0.5, 0.6) is 11.6 Å². The van der Waals surface area contributed by atoms with Gasteiger partial charge in [0.2, 0.25) is 5.88 Å². The minimum Gasteiger partial charge on any atom is -0.439 e. The highest BCUT2D eigenvalue weighted by Crippen LogP contribution is 2.23. The molecule has 0 saturated carbocycles. The third-order valence-corrected chi connectivity index (χ3v) is 5.36. The minimum atomic E-state index is -3.30. The second-order valence-electron chi connectivity index (χ2n) is 4.48. The standard InChI is InChI=1S/C14H14BrNO3S/c1-10(2)20(17,18)13-7-8-14(16-9-13)19-12-5-3-11(15)4-6-12/h3-10H,1-2H3. The lowest BCUT2D eigenvalue weighted by atomic mass is 10.3. The van der Waals surface area contributed by atoms with E-state index in [1.165, 1.54) is 12.3 Å². The van der Waals surface area contributed by atoms with Crippen LogP contribution in [0.15, 0.2) is 52.0 Å². The Morgan fingerprint density at radius 2 is 1.75 bits per heavy atom. The van der Waals surface area contributed by atoms with Gasteiger partial charge in [-0.1, -0.05) is 15.9 Å². The van der Waals surface area contributed by atoms with Crippen molar-refractivity contribution in [3.8, 4) is 11.6 Å². The Bertz CT molecular complexity index is 679. The zero-order valence-electron chi connectivity index (χ0n) is 11.1. The summed E-state index contributed by atoms with van der Waals surface area (Å²) >= 11 is 3.34. The van der Waals surface area contributed by atoms with E-state index in [0.717, 1.165) is 4.47 Å². The molecule has 1 aromatic carbocycles. The highest BCUT2D eigenvalue weighted by atomic mass is 79.9. The molecule has 6 heteroatoms. The van der Waals surface area contributed by atoms with Gasteiger partial charge in [-0.15, -0.1) is 0 Å². The van der Waals surface area contributed by atoms with Crippen LogP contribution in [-0.2, 0) is 9.84 Å². The molecular weight excluding hydrogens is 342 g/mol. The van der Waals surface area contributed by atoms with Crippen molar-refractivity contribution in [2.45, 2.75) is 24.0 Å². The number of halogens is 1. The van der Waals surface area contributed by atoms with Crippen LogP contribution in [0.3, 0.4) is 0 Å². The van der Waals surface area contributed by atoms with Gasteiger partial charge in [-0.25, -0.2) is 13.4 Å². The predicted molar refractivity (Wildman–Crippen MR) is 80.8 cm³/mol. The Balaban J connectivity index is 2.19. The van der Waals surface area contributed by atoms with Crippen molar-refractivity contribution in [2.24, 2.45) is 0 Å². The second-order valence-corrected chi connectivity index (χ2v) is 7.90. The third-order valence-electron chi connectivity index (χ3n) is 2.69. The summed E-state index contributed by atoms with van der Waals surface area (Å²) in [5.41, 5.74) is 0. The fourth-order valence-corrected chi connectivity index (χ4v) is 2.76. The van der Waals surface area contributed by atoms with Crippen LogP contribution in [-0.4, -0.2) is 18.7 Å². The molecule has 0 fully saturated rings. The maximum atomic E-state index is 12.0. The zero-order chi connectivity index (χ0) is 14.8. The molecule has 106 valence electrons. The molecule has 0 unspecified atom stereocenters. The Labute approximate surface area is 126 Å². The maximum absolute atomic E-state index is 12.0. The predicted octanol–water partition coefficient (Wildman–Crippen LogP) is 3.82. The van der Waals surface area contributed by atoms with Crippen LogP contribution >= 0.6 is 15.9 Å². The van der Waals surface area contributed by atoms with E-state index in [1.54, 1.807) is 32.0 Å². The smallest absolute Gasteiger partial charge is 0.219 e. The number of hydrogen-bond acceptors (Lipinski definition) is 4. The summed E-state index contributed by atoms with van der Waals surface area (Å²) in [6.07, 6.45) is 1.32. The first-order valence-electron chi connectivity index (χ1n) is 6.03. The van der Waals surface area contributed by atoms with Gasteiger partial charge in [0, 0.05) is 16.7 Å². The SMILES string of the molecule is CC(C)S(=O)(=O)c1ccc(Oc2ccc(Br)cc2)nc1. The Morgan fingerprint density at radius 1 is 1.10 bits per heavy atom. The summed E-state index contributed by atoms with van der Waals surface area (Å²) in [7, 11) is -3.30. The summed E-state index contributed by atoms with van der Waals surface area (Å²) in [5, 5.41) is -0.470. The van der Waals surface area contributed by atoms with Gasteiger partial charge in [-0.2, -0.15) is 0 Å². The molecule has 4 nitrogen and oxygen atoms in total. The minimum absolute atomic E-state index is 0.204. The van der Waals surface area contributed by atoms with Gasteiger partial charge in [0.05, 0.1) is 10.1 Å². The van der Waals surface area contributed by atoms with E-state index < -0.39 is 15.1 Å². The number of nitrogens with zero attached hydrogens (tertiary/aromatic N) is 1. The number of rotatable bonds is 4.